The normalized spacial score (nSPS) is 11.4. The number of carbonyl (C=O) groups is 1. The molecule has 4 N–H and O–H groups in total. The Morgan fingerprint density at radius 1 is 1.16 bits per heavy atom. The Bertz CT molecular complexity index is 1100. The molecule has 3 rings (SSSR count). The SMILES string of the molecule is Nc1ccc2cc(Cl)cc(S(=O)(=O)Nc3ccccc3C(=O)O)c2n1. The van der Waals surface area contributed by atoms with Gasteiger partial charge in [0.05, 0.1) is 16.8 Å². The van der Waals surface area contributed by atoms with Crippen molar-refractivity contribution >= 4 is 50.0 Å². The Morgan fingerprint density at radius 2 is 1.88 bits per heavy atom. The number of pyridine rings is 1. The highest BCUT2D eigenvalue weighted by Gasteiger charge is 2.22. The number of nitrogens with two attached hydrogens (primary N) is 1. The van der Waals surface area contributed by atoms with Crippen molar-refractivity contribution in [1.29, 1.82) is 0 Å². The van der Waals surface area contributed by atoms with Crippen molar-refractivity contribution in [3.8, 4) is 0 Å². The van der Waals surface area contributed by atoms with E-state index in [1.54, 1.807) is 12.1 Å². The number of para-hydroxylation sites is 1. The summed E-state index contributed by atoms with van der Waals surface area (Å²) in [6, 6.07) is 11.6. The van der Waals surface area contributed by atoms with E-state index in [1.165, 1.54) is 36.4 Å². The summed E-state index contributed by atoms with van der Waals surface area (Å²) in [5, 5.41) is 9.89. The molecule has 9 heteroatoms. The molecule has 0 atom stereocenters. The first kappa shape index (κ1) is 17.0. The molecule has 25 heavy (non-hydrogen) atoms. The van der Waals surface area contributed by atoms with Gasteiger partial charge in [0, 0.05) is 10.4 Å². The van der Waals surface area contributed by atoms with E-state index in [-0.39, 0.29) is 32.5 Å². The fraction of sp³-hybridized carbons (Fsp3) is 0. The van der Waals surface area contributed by atoms with Gasteiger partial charge in [0.25, 0.3) is 10.0 Å². The van der Waals surface area contributed by atoms with Crippen LogP contribution in [0.3, 0.4) is 0 Å². The molecule has 0 spiro atoms. The van der Waals surface area contributed by atoms with Gasteiger partial charge in [0.2, 0.25) is 0 Å². The lowest BCUT2D eigenvalue weighted by Gasteiger charge is -2.12. The first-order chi connectivity index (χ1) is 11.8. The first-order valence-electron chi connectivity index (χ1n) is 6.99. The van der Waals surface area contributed by atoms with Gasteiger partial charge < -0.3 is 10.8 Å². The molecular weight excluding hydrogens is 366 g/mol. The average molecular weight is 378 g/mol. The predicted molar refractivity (Wildman–Crippen MR) is 95.4 cm³/mol. The second-order valence-electron chi connectivity index (χ2n) is 5.17. The number of hydrogen-bond donors (Lipinski definition) is 3. The van der Waals surface area contributed by atoms with Gasteiger partial charge in [0.15, 0.2) is 0 Å². The lowest BCUT2D eigenvalue weighted by Crippen LogP contribution is -2.16. The third-order valence-electron chi connectivity index (χ3n) is 3.44. The van der Waals surface area contributed by atoms with E-state index < -0.39 is 16.0 Å². The molecule has 128 valence electrons. The summed E-state index contributed by atoms with van der Waals surface area (Å²) in [5.74, 6) is -1.10. The van der Waals surface area contributed by atoms with Crippen molar-refractivity contribution < 1.29 is 18.3 Å². The highest BCUT2D eigenvalue weighted by molar-refractivity contribution is 7.93. The molecule has 0 fully saturated rings. The molecule has 0 unspecified atom stereocenters. The lowest BCUT2D eigenvalue weighted by molar-refractivity contribution is 0.0698. The third kappa shape index (κ3) is 3.35. The zero-order valence-corrected chi connectivity index (χ0v) is 14.2. The van der Waals surface area contributed by atoms with Crippen LogP contribution in [-0.4, -0.2) is 24.5 Å². The topological polar surface area (TPSA) is 122 Å². The zero-order valence-electron chi connectivity index (χ0n) is 12.6. The van der Waals surface area contributed by atoms with Gasteiger partial charge in [-0.05, 0) is 36.4 Å². The second-order valence-corrected chi connectivity index (χ2v) is 7.26. The summed E-state index contributed by atoms with van der Waals surface area (Å²) >= 11 is 6.01. The Kier molecular flexibility index (Phi) is 4.23. The fourth-order valence-corrected chi connectivity index (χ4v) is 3.91. The molecule has 0 saturated heterocycles. The molecule has 7 nitrogen and oxygen atoms in total. The largest absolute Gasteiger partial charge is 0.478 e. The van der Waals surface area contributed by atoms with Crippen molar-refractivity contribution in [3.63, 3.8) is 0 Å². The number of aromatic carboxylic acids is 1. The van der Waals surface area contributed by atoms with Crippen LogP contribution in [0.4, 0.5) is 11.5 Å². The molecule has 0 aliphatic rings. The maximum Gasteiger partial charge on any atom is 0.337 e. The van der Waals surface area contributed by atoms with Crippen LogP contribution in [0.5, 0.6) is 0 Å². The van der Waals surface area contributed by atoms with Crippen molar-refractivity contribution in [3.05, 3.63) is 59.1 Å². The average Bonchev–Trinajstić information content (AvgIpc) is 2.54. The van der Waals surface area contributed by atoms with E-state index >= 15 is 0 Å². The summed E-state index contributed by atoms with van der Waals surface area (Å²) < 4.78 is 27.9. The van der Waals surface area contributed by atoms with Crippen molar-refractivity contribution in [2.24, 2.45) is 0 Å². The Hall–Kier alpha value is -2.84. The van der Waals surface area contributed by atoms with Crippen LogP contribution in [0.25, 0.3) is 10.9 Å². The first-order valence-corrected chi connectivity index (χ1v) is 8.85. The van der Waals surface area contributed by atoms with Crippen LogP contribution in [0.1, 0.15) is 10.4 Å². The summed E-state index contributed by atoms with van der Waals surface area (Å²) in [6.45, 7) is 0. The van der Waals surface area contributed by atoms with Gasteiger partial charge in [0.1, 0.15) is 10.7 Å². The van der Waals surface area contributed by atoms with Gasteiger partial charge in [-0.3, -0.25) is 4.72 Å². The number of nitrogen functional groups attached to an aromatic ring is 1. The van der Waals surface area contributed by atoms with Crippen LogP contribution in [-0.2, 0) is 10.0 Å². The number of hydrogen-bond acceptors (Lipinski definition) is 5. The summed E-state index contributed by atoms with van der Waals surface area (Å²) in [5.41, 5.74) is 5.56. The van der Waals surface area contributed by atoms with Crippen molar-refractivity contribution in [2.45, 2.75) is 4.90 Å². The number of fused-ring (bicyclic) bond motifs is 1. The minimum Gasteiger partial charge on any atom is -0.478 e. The van der Waals surface area contributed by atoms with Gasteiger partial charge in [-0.15, -0.1) is 0 Å². The van der Waals surface area contributed by atoms with Gasteiger partial charge in [-0.25, -0.2) is 18.2 Å². The second kappa shape index (κ2) is 6.23. The minimum atomic E-state index is -4.15. The molecule has 0 amide bonds. The number of rotatable bonds is 4. The van der Waals surface area contributed by atoms with Crippen LogP contribution in [0.2, 0.25) is 5.02 Å². The number of halogens is 1. The number of aromatic nitrogens is 1. The highest BCUT2D eigenvalue weighted by atomic mass is 35.5. The Morgan fingerprint density at radius 3 is 2.60 bits per heavy atom. The number of carboxylic acid groups (broad SMARTS) is 1. The summed E-state index contributed by atoms with van der Waals surface area (Å²) in [6.07, 6.45) is 0. The molecule has 0 aliphatic carbocycles. The van der Waals surface area contributed by atoms with Gasteiger partial charge >= 0.3 is 5.97 Å². The maximum absolute atomic E-state index is 12.8. The van der Waals surface area contributed by atoms with Crippen LogP contribution >= 0.6 is 11.6 Å². The smallest absolute Gasteiger partial charge is 0.337 e. The quantitative estimate of drug-likeness (QED) is 0.642. The minimum absolute atomic E-state index is 0.0629. The third-order valence-corrected chi connectivity index (χ3v) is 5.03. The Balaban J connectivity index is 2.18. The Labute approximate surface area is 148 Å². The van der Waals surface area contributed by atoms with E-state index in [1.807, 2.05) is 0 Å². The van der Waals surface area contributed by atoms with Crippen LogP contribution in [0.15, 0.2) is 53.4 Å². The number of nitrogens with zero attached hydrogens (tertiary/aromatic N) is 1. The maximum atomic E-state index is 12.8. The van der Waals surface area contributed by atoms with Crippen molar-refractivity contribution in [1.82, 2.24) is 4.98 Å². The summed E-state index contributed by atoms with van der Waals surface area (Å²) in [7, 11) is -4.15. The zero-order chi connectivity index (χ0) is 18.2. The van der Waals surface area contributed by atoms with Crippen LogP contribution in [0, 0.1) is 0 Å². The molecule has 1 heterocycles. The van der Waals surface area contributed by atoms with E-state index in [0.29, 0.717) is 5.39 Å². The van der Waals surface area contributed by atoms with E-state index in [9.17, 15) is 18.3 Å². The molecule has 0 saturated carbocycles. The van der Waals surface area contributed by atoms with E-state index in [0.717, 1.165) is 0 Å². The number of carboxylic acids is 1. The molecule has 2 aromatic carbocycles. The number of benzene rings is 2. The molecular formula is C16H12ClN3O4S. The predicted octanol–water partition coefficient (Wildman–Crippen LogP) is 2.97. The fourth-order valence-electron chi connectivity index (χ4n) is 2.35. The lowest BCUT2D eigenvalue weighted by atomic mass is 10.2. The standard InChI is InChI=1S/C16H12ClN3O4S/c17-10-7-9-5-6-14(18)19-15(9)13(8-10)25(23,24)20-12-4-2-1-3-11(12)16(21)22/h1-8,20H,(H2,18,19)(H,21,22). The van der Waals surface area contributed by atoms with E-state index in [4.69, 9.17) is 17.3 Å². The molecule has 0 radical (unpaired) electrons. The number of sulfonamides is 1. The number of nitrogens with one attached hydrogen (secondary N) is 1. The van der Waals surface area contributed by atoms with Gasteiger partial charge in [-0.1, -0.05) is 23.7 Å². The number of anilines is 2. The van der Waals surface area contributed by atoms with Crippen LogP contribution < -0.4 is 10.5 Å². The van der Waals surface area contributed by atoms with E-state index in [2.05, 4.69) is 9.71 Å². The molecule has 0 aliphatic heterocycles. The van der Waals surface area contributed by atoms with Gasteiger partial charge in [-0.2, -0.15) is 0 Å². The monoisotopic (exact) mass is 377 g/mol. The molecule has 0 bridgehead atoms. The van der Waals surface area contributed by atoms with Crippen molar-refractivity contribution in [2.75, 3.05) is 10.5 Å². The highest BCUT2D eigenvalue weighted by Crippen LogP contribution is 2.29. The molecule has 3 aromatic rings. The molecule has 1 aromatic heterocycles. The summed E-state index contributed by atoms with van der Waals surface area (Å²) in [4.78, 5) is 15.1.